The van der Waals surface area contributed by atoms with Crippen molar-refractivity contribution >= 4 is 0 Å². The van der Waals surface area contributed by atoms with Crippen LogP contribution in [0.2, 0.25) is 0 Å². The number of aromatic nitrogens is 2. The molecular weight excluding hydrogens is 342 g/mol. The van der Waals surface area contributed by atoms with Gasteiger partial charge in [0.05, 0.1) is 11.4 Å². The van der Waals surface area contributed by atoms with Crippen LogP contribution in [0.4, 0.5) is 0 Å². The van der Waals surface area contributed by atoms with Crippen LogP contribution in [0, 0.1) is 12.8 Å². The molecule has 5 rings (SSSR count). The number of hydrogen-bond donors (Lipinski definition) is 2. The van der Waals surface area contributed by atoms with Gasteiger partial charge in [-0.1, -0.05) is 55.0 Å². The summed E-state index contributed by atoms with van der Waals surface area (Å²) < 4.78 is 0. The Morgan fingerprint density at radius 2 is 1.82 bits per heavy atom. The molecule has 144 valence electrons. The molecular formula is C25H29N3. The summed E-state index contributed by atoms with van der Waals surface area (Å²) in [6, 6.07) is 16.3. The molecule has 2 aliphatic carbocycles. The van der Waals surface area contributed by atoms with Gasteiger partial charge in [-0.25, -0.2) is 0 Å². The maximum Gasteiger partial charge on any atom is 0.0962 e. The Hall–Kier alpha value is -2.39. The number of aromatic amines is 1. The largest absolute Gasteiger partial charge is 0.310 e. The Kier molecular flexibility index (Phi) is 4.56. The van der Waals surface area contributed by atoms with E-state index in [0.29, 0.717) is 6.04 Å². The van der Waals surface area contributed by atoms with Crippen molar-refractivity contribution in [2.45, 2.75) is 58.5 Å². The molecule has 0 unspecified atom stereocenters. The lowest BCUT2D eigenvalue weighted by atomic mass is 9.87. The van der Waals surface area contributed by atoms with Crippen LogP contribution >= 0.6 is 0 Å². The second-order valence-corrected chi connectivity index (χ2v) is 8.80. The number of rotatable bonds is 4. The fraction of sp³-hybridized carbons (Fsp3) is 0.400. The number of benzene rings is 2. The van der Waals surface area contributed by atoms with Gasteiger partial charge < -0.3 is 5.32 Å². The Labute approximate surface area is 167 Å². The maximum absolute atomic E-state index is 4.63. The van der Waals surface area contributed by atoms with E-state index in [0.717, 1.165) is 24.6 Å². The van der Waals surface area contributed by atoms with Gasteiger partial charge in [0.2, 0.25) is 0 Å². The van der Waals surface area contributed by atoms with Gasteiger partial charge in [-0.3, -0.25) is 5.10 Å². The first-order valence-corrected chi connectivity index (χ1v) is 10.7. The van der Waals surface area contributed by atoms with E-state index in [9.17, 15) is 0 Å². The SMILES string of the molecule is Cc1ccc(-c2n[nH]c3c2Cc2cc(CNC4CCC(C)CC4)ccc2-3)cc1. The highest BCUT2D eigenvalue weighted by molar-refractivity contribution is 5.81. The molecule has 2 N–H and O–H groups in total. The molecule has 1 aromatic heterocycles. The highest BCUT2D eigenvalue weighted by Gasteiger charge is 2.25. The molecule has 2 aliphatic rings. The van der Waals surface area contributed by atoms with Crippen molar-refractivity contribution in [1.29, 1.82) is 0 Å². The molecule has 28 heavy (non-hydrogen) atoms. The predicted octanol–water partition coefficient (Wildman–Crippen LogP) is 5.62. The molecule has 3 nitrogen and oxygen atoms in total. The maximum atomic E-state index is 4.63. The topological polar surface area (TPSA) is 40.7 Å². The van der Waals surface area contributed by atoms with Gasteiger partial charge in [0.15, 0.2) is 0 Å². The van der Waals surface area contributed by atoms with Gasteiger partial charge in [-0.2, -0.15) is 5.10 Å². The molecule has 0 amide bonds. The Bertz CT molecular complexity index is 976. The average Bonchev–Trinajstić information content (AvgIpc) is 3.27. The van der Waals surface area contributed by atoms with E-state index in [1.807, 2.05) is 0 Å². The lowest BCUT2D eigenvalue weighted by Gasteiger charge is -2.27. The van der Waals surface area contributed by atoms with Crippen molar-refractivity contribution < 1.29 is 0 Å². The summed E-state index contributed by atoms with van der Waals surface area (Å²) in [5.74, 6) is 0.906. The Morgan fingerprint density at radius 3 is 2.61 bits per heavy atom. The first-order chi connectivity index (χ1) is 13.7. The third kappa shape index (κ3) is 3.29. The van der Waals surface area contributed by atoms with E-state index in [1.165, 1.54) is 64.8 Å². The summed E-state index contributed by atoms with van der Waals surface area (Å²) in [5, 5.41) is 11.7. The van der Waals surface area contributed by atoms with E-state index >= 15 is 0 Å². The number of aryl methyl sites for hydroxylation is 1. The van der Waals surface area contributed by atoms with Crippen LogP contribution in [0.5, 0.6) is 0 Å². The number of hydrogen-bond acceptors (Lipinski definition) is 2. The fourth-order valence-corrected chi connectivity index (χ4v) is 4.77. The molecule has 1 fully saturated rings. The first kappa shape index (κ1) is 17.7. The zero-order valence-corrected chi connectivity index (χ0v) is 16.9. The number of nitrogens with one attached hydrogen (secondary N) is 2. The van der Waals surface area contributed by atoms with Gasteiger partial charge in [0.25, 0.3) is 0 Å². The quantitative estimate of drug-likeness (QED) is 0.488. The van der Waals surface area contributed by atoms with Crippen molar-refractivity contribution in [3.63, 3.8) is 0 Å². The van der Waals surface area contributed by atoms with E-state index in [4.69, 9.17) is 0 Å². The third-order valence-corrected chi connectivity index (χ3v) is 6.61. The second-order valence-electron chi connectivity index (χ2n) is 8.80. The third-order valence-electron chi connectivity index (χ3n) is 6.61. The van der Waals surface area contributed by atoms with Gasteiger partial charge in [0.1, 0.15) is 0 Å². The molecule has 1 heterocycles. The Balaban J connectivity index is 1.32. The van der Waals surface area contributed by atoms with Gasteiger partial charge in [-0.05, 0) is 49.7 Å². The van der Waals surface area contributed by atoms with Crippen LogP contribution in [-0.2, 0) is 13.0 Å². The number of fused-ring (bicyclic) bond motifs is 3. The van der Waals surface area contributed by atoms with Crippen LogP contribution in [-0.4, -0.2) is 16.2 Å². The van der Waals surface area contributed by atoms with Gasteiger partial charge in [-0.15, -0.1) is 0 Å². The van der Waals surface area contributed by atoms with Gasteiger partial charge in [0, 0.05) is 35.7 Å². The second kappa shape index (κ2) is 7.21. The fourth-order valence-electron chi connectivity index (χ4n) is 4.77. The zero-order chi connectivity index (χ0) is 19.1. The molecule has 0 bridgehead atoms. The minimum atomic E-state index is 0.689. The summed E-state index contributed by atoms with van der Waals surface area (Å²) in [7, 11) is 0. The van der Waals surface area contributed by atoms with E-state index in [2.05, 4.69) is 71.8 Å². The lowest BCUT2D eigenvalue weighted by molar-refractivity contribution is 0.306. The highest BCUT2D eigenvalue weighted by atomic mass is 15.1. The van der Waals surface area contributed by atoms with Crippen molar-refractivity contribution in [2.24, 2.45) is 5.92 Å². The summed E-state index contributed by atoms with van der Waals surface area (Å²) in [6.07, 6.45) is 6.35. The van der Waals surface area contributed by atoms with E-state index < -0.39 is 0 Å². The van der Waals surface area contributed by atoms with Crippen LogP contribution < -0.4 is 5.32 Å². The molecule has 0 atom stereocenters. The predicted molar refractivity (Wildman–Crippen MR) is 115 cm³/mol. The summed E-state index contributed by atoms with van der Waals surface area (Å²) in [6.45, 7) is 5.48. The lowest BCUT2D eigenvalue weighted by Crippen LogP contribution is -2.32. The van der Waals surface area contributed by atoms with Crippen LogP contribution in [0.25, 0.3) is 22.5 Å². The minimum absolute atomic E-state index is 0.689. The first-order valence-electron chi connectivity index (χ1n) is 10.7. The summed E-state index contributed by atoms with van der Waals surface area (Å²) in [4.78, 5) is 0. The monoisotopic (exact) mass is 371 g/mol. The van der Waals surface area contributed by atoms with Crippen LogP contribution in [0.1, 0.15) is 54.9 Å². The van der Waals surface area contributed by atoms with E-state index in [1.54, 1.807) is 0 Å². The van der Waals surface area contributed by atoms with Crippen molar-refractivity contribution in [2.75, 3.05) is 0 Å². The smallest absolute Gasteiger partial charge is 0.0962 e. The molecule has 0 radical (unpaired) electrons. The van der Waals surface area contributed by atoms with Crippen LogP contribution in [0.3, 0.4) is 0 Å². The highest BCUT2D eigenvalue weighted by Crippen LogP contribution is 2.40. The molecule has 3 aromatic rings. The Morgan fingerprint density at radius 1 is 1.04 bits per heavy atom. The number of H-pyrrole nitrogens is 1. The normalized spacial score (nSPS) is 20.8. The molecule has 0 spiro atoms. The van der Waals surface area contributed by atoms with Gasteiger partial charge >= 0.3 is 0 Å². The molecule has 1 saturated carbocycles. The molecule has 3 heteroatoms. The zero-order valence-electron chi connectivity index (χ0n) is 16.9. The van der Waals surface area contributed by atoms with E-state index in [-0.39, 0.29) is 0 Å². The molecule has 0 saturated heterocycles. The average molecular weight is 372 g/mol. The van der Waals surface area contributed by atoms with Crippen molar-refractivity contribution in [3.05, 3.63) is 64.7 Å². The molecule has 2 aromatic carbocycles. The summed E-state index contributed by atoms with van der Waals surface area (Å²) in [5.41, 5.74) is 10.3. The van der Waals surface area contributed by atoms with Crippen molar-refractivity contribution in [3.8, 4) is 22.5 Å². The van der Waals surface area contributed by atoms with Crippen LogP contribution in [0.15, 0.2) is 42.5 Å². The standard InChI is InChI=1S/C25H29N3/c1-16-3-8-19(9-4-16)24-23-14-20-13-18(7-12-22(20)25(23)28-27-24)15-26-21-10-5-17(2)6-11-21/h3-4,7-9,12-13,17,21,26H,5-6,10-11,14-15H2,1-2H3,(H,27,28). The molecule has 0 aliphatic heterocycles. The van der Waals surface area contributed by atoms with Crippen molar-refractivity contribution in [1.82, 2.24) is 15.5 Å². The summed E-state index contributed by atoms with van der Waals surface area (Å²) >= 11 is 0. The number of nitrogens with zero attached hydrogens (tertiary/aromatic N) is 1. The minimum Gasteiger partial charge on any atom is -0.310 e.